The van der Waals surface area contributed by atoms with E-state index in [2.05, 4.69) is 10.3 Å². The first-order valence-corrected chi connectivity index (χ1v) is 6.74. The SMILES string of the molecule is C1=NCCN1.O=C(c1ccccc1)c1cccc([N+](=O)[O-])c1. The third-order valence-electron chi connectivity index (χ3n) is 2.92. The summed E-state index contributed by atoms with van der Waals surface area (Å²) in [5, 5.41) is 13.5. The molecule has 6 heteroatoms. The van der Waals surface area contributed by atoms with E-state index in [9.17, 15) is 14.9 Å². The van der Waals surface area contributed by atoms with Gasteiger partial charge in [0.05, 0.1) is 17.8 Å². The van der Waals surface area contributed by atoms with Crippen LogP contribution in [0.4, 0.5) is 5.69 Å². The van der Waals surface area contributed by atoms with Crippen molar-refractivity contribution in [2.24, 2.45) is 4.99 Å². The highest BCUT2D eigenvalue weighted by Crippen LogP contribution is 2.16. The molecule has 0 amide bonds. The zero-order valence-electron chi connectivity index (χ0n) is 11.8. The molecule has 0 atom stereocenters. The van der Waals surface area contributed by atoms with Crippen molar-refractivity contribution < 1.29 is 9.72 Å². The van der Waals surface area contributed by atoms with Crippen LogP contribution in [0.5, 0.6) is 0 Å². The van der Waals surface area contributed by atoms with E-state index in [-0.39, 0.29) is 11.5 Å². The second-order valence-electron chi connectivity index (χ2n) is 4.49. The number of rotatable bonds is 3. The van der Waals surface area contributed by atoms with Crippen LogP contribution in [0.3, 0.4) is 0 Å². The van der Waals surface area contributed by atoms with Gasteiger partial charge in [0.15, 0.2) is 5.78 Å². The van der Waals surface area contributed by atoms with Gasteiger partial charge in [-0.3, -0.25) is 19.9 Å². The fourth-order valence-corrected chi connectivity index (χ4v) is 1.84. The highest BCUT2D eigenvalue weighted by molar-refractivity contribution is 6.09. The zero-order valence-corrected chi connectivity index (χ0v) is 11.8. The lowest BCUT2D eigenvalue weighted by molar-refractivity contribution is -0.384. The Morgan fingerprint density at radius 1 is 1.09 bits per heavy atom. The third kappa shape index (κ3) is 4.24. The third-order valence-corrected chi connectivity index (χ3v) is 2.92. The molecule has 2 aromatic carbocycles. The minimum Gasteiger partial charge on any atom is -0.375 e. The molecule has 1 N–H and O–H groups in total. The molecular formula is C16H15N3O3. The molecule has 22 heavy (non-hydrogen) atoms. The highest BCUT2D eigenvalue weighted by atomic mass is 16.6. The minimum atomic E-state index is -0.512. The Morgan fingerprint density at radius 3 is 2.36 bits per heavy atom. The molecule has 0 radical (unpaired) electrons. The number of benzene rings is 2. The van der Waals surface area contributed by atoms with Crippen molar-refractivity contribution in [1.82, 2.24) is 5.32 Å². The van der Waals surface area contributed by atoms with Crippen molar-refractivity contribution in [2.75, 3.05) is 13.1 Å². The van der Waals surface area contributed by atoms with Gasteiger partial charge in [-0.25, -0.2) is 0 Å². The molecule has 0 fully saturated rings. The fourth-order valence-electron chi connectivity index (χ4n) is 1.84. The normalized spacial score (nSPS) is 12.0. The van der Waals surface area contributed by atoms with Gasteiger partial charge in [0.2, 0.25) is 0 Å². The molecule has 112 valence electrons. The minimum absolute atomic E-state index is 0.0771. The molecule has 0 saturated heterocycles. The predicted molar refractivity (Wildman–Crippen MR) is 84.3 cm³/mol. The molecule has 6 nitrogen and oxygen atoms in total. The molecular weight excluding hydrogens is 282 g/mol. The first kappa shape index (κ1) is 15.4. The summed E-state index contributed by atoms with van der Waals surface area (Å²) in [6, 6.07) is 14.4. The molecule has 0 bridgehead atoms. The van der Waals surface area contributed by atoms with E-state index in [1.165, 1.54) is 18.2 Å². The van der Waals surface area contributed by atoms with Gasteiger partial charge in [-0.05, 0) is 0 Å². The lowest BCUT2D eigenvalue weighted by atomic mass is 10.0. The summed E-state index contributed by atoms with van der Waals surface area (Å²) < 4.78 is 0. The maximum absolute atomic E-state index is 12.0. The number of aliphatic imine (C=N–C) groups is 1. The van der Waals surface area contributed by atoms with Gasteiger partial charge in [0.25, 0.3) is 5.69 Å². The Labute approximate surface area is 127 Å². The first-order chi connectivity index (χ1) is 10.7. The van der Waals surface area contributed by atoms with Gasteiger partial charge >= 0.3 is 0 Å². The number of hydrogen-bond donors (Lipinski definition) is 1. The Morgan fingerprint density at radius 2 is 1.82 bits per heavy atom. The number of carbonyl (C=O) groups excluding carboxylic acids is 1. The van der Waals surface area contributed by atoms with Gasteiger partial charge < -0.3 is 5.32 Å². The molecule has 0 spiro atoms. The van der Waals surface area contributed by atoms with Crippen LogP contribution in [0.25, 0.3) is 0 Å². The maximum atomic E-state index is 12.0. The van der Waals surface area contributed by atoms with Crippen molar-refractivity contribution in [3.05, 3.63) is 75.8 Å². The van der Waals surface area contributed by atoms with Crippen LogP contribution in [0.2, 0.25) is 0 Å². The second-order valence-corrected chi connectivity index (χ2v) is 4.49. The molecule has 1 heterocycles. The van der Waals surface area contributed by atoms with Crippen molar-refractivity contribution in [3.8, 4) is 0 Å². The van der Waals surface area contributed by atoms with Crippen LogP contribution in [0.1, 0.15) is 15.9 Å². The van der Waals surface area contributed by atoms with E-state index in [4.69, 9.17) is 0 Å². The van der Waals surface area contributed by atoms with Crippen LogP contribution in [-0.2, 0) is 0 Å². The van der Waals surface area contributed by atoms with E-state index in [1.54, 1.807) is 36.7 Å². The monoisotopic (exact) mass is 297 g/mol. The average Bonchev–Trinajstić information content (AvgIpc) is 3.15. The average molecular weight is 297 g/mol. The molecule has 3 rings (SSSR count). The standard InChI is InChI=1S/C13H9NO3.C3H6N2/c15-13(10-5-2-1-3-6-10)11-7-4-8-12(9-11)14(16)17;1-2-5-3-4-1/h1-9H;3H,1-2H2,(H,4,5). The van der Waals surface area contributed by atoms with E-state index in [0.29, 0.717) is 11.1 Å². The van der Waals surface area contributed by atoms with Gasteiger partial charge in [-0.2, -0.15) is 0 Å². The summed E-state index contributed by atoms with van der Waals surface area (Å²) in [4.78, 5) is 25.9. The van der Waals surface area contributed by atoms with Gasteiger partial charge in [0.1, 0.15) is 0 Å². The summed E-state index contributed by atoms with van der Waals surface area (Å²) >= 11 is 0. The number of carbonyl (C=O) groups is 1. The van der Waals surface area contributed by atoms with E-state index in [1.807, 2.05) is 6.07 Å². The van der Waals surface area contributed by atoms with Crippen LogP contribution in [-0.4, -0.2) is 30.1 Å². The Bertz CT molecular complexity index is 678. The largest absolute Gasteiger partial charge is 0.375 e. The summed E-state index contributed by atoms with van der Waals surface area (Å²) in [6.07, 6.45) is 1.74. The number of nitro benzene ring substituents is 1. The number of ketones is 1. The van der Waals surface area contributed by atoms with Crippen LogP contribution in [0.15, 0.2) is 59.6 Å². The van der Waals surface area contributed by atoms with Gasteiger partial charge in [-0.15, -0.1) is 0 Å². The number of nitro groups is 1. The van der Waals surface area contributed by atoms with E-state index in [0.717, 1.165) is 13.1 Å². The fraction of sp³-hybridized carbons (Fsp3) is 0.125. The number of hydrogen-bond acceptors (Lipinski definition) is 5. The Kier molecular flexibility index (Phi) is 5.37. The molecule has 1 aliphatic heterocycles. The summed E-state index contributed by atoms with van der Waals surface area (Å²) in [6.45, 7) is 1.99. The molecule has 0 saturated carbocycles. The zero-order chi connectivity index (χ0) is 15.8. The number of non-ortho nitro benzene ring substituents is 1. The Balaban J connectivity index is 0.000000299. The van der Waals surface area contributed by atoms with E-state index < -0.39 is 4.92 Å². The summed E-state index contributed by atoms with van der Waals surface area (Å²) in [5.41, 5.74) is 0.769. The van der Waals surface area contributed by atoms with E-state index >= 15 is 0 Å². The van der Waals surface area contributed by atoms with Crippen molar-refractivity contribution in [3.63, 3.8) is 0 Å². The van der Waals surface area contributed by atoms with Crippen molar-refractivity contribution >= 4 is 17.8 Å². The predicted octanol–water partition coefficient (Wildman–Crippen LogP) is 2.44. The van der Waals surface area contributed by atoms with Gasteiger partial charge in [-0.1, -0.05) is 42.5 Å². The smallest absolute Gasteiger partial charge is 0.270 e. The highest BCUT2D eigenvalue weighted by Gasteiger charge is 2.12. The van der Waals surface area contributed by atoms with Crippen LogP contribution < -0.4 is 5.32 Å². The van der Waals surface area contributed by atoms with Gasteiger partial charge in [0, 0.05) is 29.8 Å². The quantitative estimate of drug-likeness (QED) is 0.535. The topological polar surface area (TPSA) is 84.6 Å². The molecule has 0 unspecified atom stereocenters. The first-order valence-electron chi connectivity index (χ1n) is 6.74. The maximum Gasteiger partial charge on any atom is 0.270 e. The lowest BCUT2D eigenvalue weighted by Gasteiger charge is -2.00. The molecule has 0 aromatic heterocycles. The number of nitrogens with one attached hydrogen (secondary N) is 1. The van der Waals surface area contributed by atoms with Crippen LogP contribution in [0, 0.1) is 10.1 Å². The number of nitrogens with zero attached hydrogens (tertiary/aromatic N) is 2. The second kappa shape index (κ2) is 7.68. The van der Waals surface area contributed by atoms with Crippen LogP contribution >= 0.6 is 0 Å². The summed E-state index contributed by atoms with van der Waals surface area (Å²) in [5.74, 6) is -0.214. The van der Waals surface area contributed by atoms with Crippen molar-refractivity contribution in [2.45, 2.75) is 0 Å². The molecule has 1 aliphatic rings. The Hall–Kier alpha value is -3.02. The lowest BCUT2D eigenvalue weighted by Crippen LogP contribution is -2.04. The molecule has 0 aliphatic carbocycles. The van der Waals surface area contributed by atoms with Crippen molar-refractivity contribution in [1.29, 1.82) is 0 Å². The summed E-state index contributed by atoms with van der Waals surface area (Å²) in [7, 11) is 0. The molecule has 2 aromatic rings.